The monoisotopic (exact) mass is 405 g/mol. The molecule has 0 radical (unpaired) electrons. The van der Waals surface area contributed by atoms with Crippen LogP contribution in [0.2, 0.25) is 10.0 Å². The average Bonchev–Trinajstić information content (AvgIpc) is 2.90. The Balaban J connectivity index is 1.77. The number of carbonyl (C=O) groups is 3. The number of hydrogen-bond acceptors (Lipinski definition) is 3. The molecule has 140 valence electrons. The number of urea groups is 1. The Bertz CT molecular complexity index is 904. The molecule has 2 aromatic rings. The van der Waals surface area contributed by atoms with E-state index in [2.05, 4.69) is 10.6 Å². The first-order valence-electron chi connectivity index (χ1n) is 8.32. The van der Waals surface area contributed by atoms with Crippen LogP contribution in [-0.2, 0) is 15.1 Å². The molecule has 3 rings (SSSR count). The van der Waals surface area contributed by atoms with E-state index in [1.807, 2.05) is 13.0 Å². The fourth-order valence-electron chi connectivity index (χ4n) is 3.05. The van der Waals surface area contributed by atoms with Gasteiger partial charge < -0.3 is 10.6 Å². The predicted molar refractivity (Wildman–Crippen MR) is 104 cm³/mol. The fourth-order valence-corrected chi connectivity index (χ4v) is 3.35. The summed E-state index contributed by atoms with van der Waals surface area (Å²) in [6.07, 6.45) is 0.368. The van der Waals surface area contributed by atoms with Crippen LogP contribution in [0, 0.1) is 0 Å². The Hall–Kier alpha value is -2.57. The van der Waals surface area contributed by atoms with Crippen LogP contribution in [0.5, 0.6) is 0 Å². The third kappa shape index (κ3) is 3.63. The van der Waals surface area contributed by atoms with Crippen molar-refractivity contribution in [2.24, 2.45) is 0 Å². The molecule has 0 bridgehead atoms. The quantitative estimate of drug-likeness (QED) is 0.742. The van der Waals surface area contributed by atoms with Crippen LogP contribution >= 0.6 is 23.2 Å². The molecular weight excluding hydrogens is 389 g/mol. The van der Waals surface area contributed by atoms with Crippen molar-refractivity contribution in [3.05, 3.63) is 64.1 Å². The topological polar surface area (TPSA) is 78.5 Å². The maximum Gasteiger partial charge on any atom is 0.325 e. The second kappa shape index (κ2) is 7.58. The summed E-state index contributed by atoms with van der Waals surface area (Å²) in [7, 11) is 0. The minimum Gasteiger partial charge on any atom is -0.324 e. The van der Waals surface area contributed by atoms with Gasteiger partial charge in [-0.2, -0.15) is 0 Å². The normalized spacial score (nSPS) is 19.1. The van der Waals surface area contributed by atoms with Gasteiger partial charge in [0.15, 0.2) is 0 Å². The number of rotatable bonds is 5. The van der Waals surface area contributed by atoms with E-state index in [0.29, 0.717) is 27.7 Å². The summed E-state index contributed by atoms with van der Waals surface area (Å²) in [5.74, 6) is -0.970. The first-order chi connectivity index (χ1) is 12.9. The molecular formula is C19H17Cl2N3O3. The van der Waals surface area contributed by atoms with E-state index in [-0.39, 0.29) is 0 Å². The number of amides is 4. The first kappa shape index (κ1) is 19.2. The molecule has 6 nitrogen and oxygen atoms in total. The summed E-state index contributed by atoms with van der Waals surface area (Å²) in [6.45, 7) is 1.41. The lowest BCUT2D eigenvalue weighted by atomic mass is 9.87. The molecule has 1 atom stereocenters. The Kier molecular flexibility index (Phi) is 5.39. The number of benzene rings is 2. The van der Waals surface area contributed by atoms with Gasteiger partial charge in [0.1, 0.15) is 12.1 Å². The Labute approximate surface area is 166 Å². The Morgan fingerprint density at radius 3 is 2.44 bits per heavy atom. The van der Waals surface area contributed by atoms with E-state index < -0.39 is 29.9 Å². The zero-order chi connectivity index (χ0) is 19.6. The second-order valence-electron chi connectivity index (χ2n) is 6.12. The molecule has 0 aromatic heterocycles. The summed E-state index contributed by atoms with van der Waals surface area (Å²) in [5.41, 5.74) is -0.0631. The number of anilines is 1. The molecule has 0 aliphatic carbocycles. The molecule has 0 saturated carbocycles. The zero-order valence-electron chi connectivity index (χ0n) is 14.5. The SMILES string of the molecule is CC[C@@]1(c2ccccc2)NC(=O)N(CC(=O)Nc2ccc(Cl)c(Cl)c2)C1=O. The maximum atomic E-state index is 13.0. The highest BCUT2D eigenvalue weighted by molar-refractivity contribution is 6.42. The summed E-state index contributed by atoms with van der Waals surface area (Å²) in [5, 5.41) is 6.00. The van der Waals surface area contributed by atoms with Gasteiger partial charge in [-0.05, 0) is 30.2 Å². The first-order valence-corrected chi connectivity index (χ1v) is 9.07. The summed E-state index contributed by atoms with van der Waals surface area (Å²) < 4.78 is 0. The molecule has 4 amide bonds. The van der Waals surface area contributed by atoms with Crippen molar-refractivity contribution in [2.45, 2.75) is 18.9 Å². The minimum absolute atomic E-state index is 0.290. The van der Waals surface area contributed by atoms with Crippen LogP contribution in [-0.4, -0.2) is 29.3 Å². The third-order valence-electron chi connectivity index (χ3n) is 4.48. The molecule has 2 aromatic carbocycles. The van der Waals surface area contributed by atoms with Gasteiger partial charge in [0, 0.05) is 5.69 Å². The molecule has 27 heavy (non-hydrogen) atoms. The smallest absolute Gasteiger partial charge is 0.324 e. The number of nitrogens with one attached hydrogen (secondary N) is 2. The van der Waals surface area contributed by atoms with Crippen molar-refractivity contribution in [2.75, 3.05) is 11.9 Å². The third-order valence-corrected chi connectivity index (χ3v) is 5.22. The Morgan fingerprint density at radius 2 is 1.81 bits per heavy atom. The number of halogens is 2. The summed E-state index contributed by atoms with van der Waals surface area (Å²) >= 11 is 11.8. The van der Waals surface area contributed by atoms with Crippen LogP contribution in [0.1, 0.15) is 18.9 Å². The summed E-state index contributed by atoms with van der Waals surface area (Å²) in [4.78, 5) is 38.6. The number of carbonyl (C=O) groups excluding carboxylic acids is 3. The molecule has 8 heteroatoms. The van der Waals surface area contributed by atoms with E-state index in [4.69, 9.17) is 23.2 Å². The standard InChI is InChI=1S/C19H17Cl2N3O3/c1-2-19(12-6-4-3-5-7-12)17(26)24(18(27)23-19)11-16(25)22-13-8-9-14(20)15(21)10-13/h3-10H,2,11H2,1H3,(H,22,25)(H,23,27)/t19-/m0/s1. The molecule has 2 N–H and O–H groups in total. The van der Waals surface area contributed by atoms with Crippen molar-refractivity contribution in [1.29, 1.82) is 0 Å². The lowest BCUT2D eigenvalue weighted by Crippen LogP contribution is -2.44. The fraction of sp³-hybridized carbons (Fsp3) is 0.211. The van der Waals surface area contributed by atoms with Crippen molar-refractivity contribution in [1.82, 2.24) is 10.2 Å². The molecule has 1 saturated heterocycles. The van der Waals surface area contributed by atoms with Gasteiger partial charge in [0.25, 0.3) is 5.91 Å². The van der Waals surface area contributed by atoms with Crippen LogP contribution in [0.25, 0.3) is 0 Å². The van der Waals surface area contributed by atoms with Gasteiger partial charge in [-0.15, -0.1) is 0 Å². The average molecular weight is 406 g/mol. The van der Waals surface area contributed by atoms with Crippen LogP contribution in [0.3, 0.4) is 0 Å². The highest BCUT2D eigenvalue weighted by atomic mass is 35.5. The molecule has 1 aliphatic heterocycles. The lowest BCUT2D eigenvalue weighted by molar-refractivity contribution is -0.134. The van der Waals surface area contributed by atoms with Gasteiger partial charge in [-0.1, -0.05) is 60.5 Å². The zero-order valence-corrected chi connectivity index (χ0v) is 16.0. The van der Waals surface area contributed by atoms with E-state index in [1.165, 1.54) is 6.07 Å². The largest absolute Gasteiger partial charge is 0.325 e. The molecule has 1 fully saturated rings. The second-order valence-corrected chi connectivity index (χ2v) is 6.94. The molecule has 0 unspecified atom stereocenters. The van der Waals surface area contributed by atoms with E-state index >= 15 is 0 Å². The van der Waals surface area contributed by atoms with Gasteiger partial charge in [-0.25, -0.2) is 4.79 Å². The molecule has 1 heterocycles. The number of hydrogen-bond donors (Lipinski definition) is 2. The number of imide groups is 1. The predicted octanol–water partition coefficient (Wildman–Crippen LogP) is 3.79. The minimum atomic E-state index is -1.16. The lowest BCUT2D eigenvalue weighted by Gasteiger charge is -2.25. The van der Waals surface area contributed by atoms with E-state index in [9.17, 15) is 14.4 Å². The Morgan fingerprint density at radius 1 is 1.11 bits per heavy atom. The number of nitrogens with zero attached hydrogens (tertiary/aromatic N) is 1. The van der Waals surface area contributed by atoms with Crippen molar-refractivity contribution >= 4 is 46.7 Å². The van der Waals surface area contributed by atoms with E-state index in [0.717, 1.165) is 4.90 Å². The maximum absolute atomic E-state index is 13.0. The van der Waals surface area contributed by atoms with Crippen LogP contribution in [0.15, 0.2) is 48.5 Å². The van der Waals surface area contributed by atoms with E-state index in [1.54, 1.807) is 36.4 Å². The van der Waals surface area contributed by atoms with Gasteiger partial charge in [0.2, 0.25) is 5.91 Å². The summed E-state index contributed by atoms with van der Waals surface area (Å²) in [6, 6.07) is 13.0. The molecule has 1 aliphatic rings. The highest BCUT2D eigenvalue weighted by Crippen LogP contribution is 2.32. The molecule has 0 spiro atoms. The van der Waals surface area contributed by atoms with Gasteiger partial charge in [0.05, 0.1) is 10.0 Å². The highest BCUT2D eigenvalue weighted by Gasteiger charge is 2.51. The van der Waals surface area contributed by atoms with Crippen molar-refractivity contribution < 1.29 is 14.4 Å². The van der Waals surface area contributed by atoms with Gasteiger partial charge >= 0.3 is 6.03 Å². The van der Waals surface area contributed by atoms with Crippen molar-refractivity contribution in [3.8, 4) is 0 Å². The van der Waals surface area contributed by atoms with Crippen LogP contribution < -0.4 is 10.6 Å². The van der Waals surface area contributed by atoms with Gasteiger partial charge in [-0.3, -0.25) is 14.5 Å². The van der Waals surface area contributed by atoms with Crippen molar-refractivity contribution in [3.63, 3.8) is 0 Å². The van der Waals surface area contributed by atoms with Crippen LogP contribution in [0.4, 0.5) is 10.5 Å².